The third-order valence-electron chi connectivity index (χ3n) is 2.87. The maximum atomic E-state index is 8.66. The van der Waals surface area contributed by atoms with E-state index in [-0.39, 0.29) is 0 Å². The number of likely N-dealkylation sites (tertiary alicyclic amines) is 1. The van der Waals surface area contributed by atoms with Crippen molar-refractivity contribution in [3.8, 4) is 6.07 Å². The van der Waals surface area contributed by atoms with E-state index in [2.05, 4.69) is 22.9 Å². The summed E-state index contributed by atoms with van der Waals surface area (Å²) in [6.07, 6.45) is 0.326. The number of nitriles is 1. The van der Waals surface area contributed by atoms with Gasteiger partial charge in [0, 0.05) is 19.6 Å². The quantitative estimate of drug-likeness (QED) is 0.512. The lowest BCUT2D eigenvalue weighted by molar-refractivity contribution is -0.0420. The average molecular weight is 181 g/mol. The first-order valence-corrected chi connectivity index (χ1v) is 4.72. The molecule has 0 radical (unpaired) electrons. The second-order valence-electron chi connectivity index (χ2n) is 3.83. The first-order chi connectivity index (χ1) is 6.31. The Balaban J connectivity index is 2.02. The highest BCUT2D eigenvalue weighted by Crippen LogP contribution is 2.20. The van der Waals surface area contributed by atoms with Crippen LogP contribution in [-0.2, 0) is 4.74 Å². The van der Waals surface area contributed by atoms with Gasteiger partial charge in [0.05, 0.1) is 31.4 Å². The third-order valence-corrected chi connectivity index (χ3v) is 2.87. The molecule has 0 aliphatic carbocycles. The van der Waals surface area contributed by atoms with Gasteiger partial charge >= 0.3 is 0 Å². The van der Waals surface area contributed by atoms with E-state index in [1.807, 2.05) is 0 Å². The van der Waals surface area contributed by atoms with Crippen molar-refractivity contribution in [1.82, 2.24) is 9.80 Å². The molecule has 2 rings (SSSR count). The first-order valence-electron chi connectivity index (χ1n) is 4.72. The van der Waals surface area contributed by atoms with Gasteiger partial charge in [-0.25, -0.2) is 0 Å². The van der Waals surface area contributed by atoms with E-state index in [1.54, 1.807) is 0 Å². The number of nitrogens with zero attached hydrogens (tertiary/aromatic N) is 3. The summed E-state index contributed by atoms with van der Waals surface area (Å²) in [6, 6.07) is 2.66. The summed E-state index contributed by atoms with van der Waals surface area (Å²) in [5, 5.41) is 8.66. The van der Waals surface area contributed by atoms with Gasteiger partial charge in [0.15, 0.2) is 0 Å². The van der Waals surface area contributed by atoms with E-state index >= 15 is 0 Å². The molecule has 0 bridgehead atoms. The van der Waals surface area contributed by atoms with Crippen molar-refractivity contribution < 1.29 is 4.74 Å². The minimum atomic E-state index is 0.326. The highest BCUT2D eigenvalue weighted by Gasteiger charge is 2.38. The second kappa shape index (κ2) is 3.62. The fraction of sp³-hybridized carbons (Fsp3) is 0.889. The van der Waals surface area contributed by atoms with E-state index in [1.165, 1.54) is 0 Å². The molecule has 0 amide bonds. The number of morpholine rings is 1. The molecule has 2 fully saturated rings. The number of likely N-dealkylation sites (N-methyl/N-ethyl adjacent to an activating group) is 1. The van der Waals surface area contributed by atoms with Crippen molar-refractivity contribution in [2.75, 3.05) is 39.8 Å². The predicted octanol–water partition coefficient (Wildman–Crippen LogP) is -0.475. The highest BCUT2D eigenvalue weighted by atomic mass is 16.5. The number of ether oxygens (including phenoxy) is 1. The predicted molar refractivity (Wildman–Crippen MR) is 48.2 cm³/mol. The standard InChI is InChI=1S/C9H15N3O/c1-11-6-8-9(7-11)13-5-4-12(8)3-2-10/h8-9H,3-7H2,1H3/t8-,9-/m1/s1. The van der Waals surface area contributed by atoms with Crippen LogP contribution in [0.1, 0.15) is 0 Å². The largest absolute Gasteiger partial charge is 0.374 e. The van der Waals surface area contributed by atoms with Crippen LogP contribution in [0.5, 0.6) is 0 Å². The lowest BCUT2D eigenvalue weighted by Gasteiger charge is -2.35. The normalized spacial score (nSPS) is 35.7. The molecule has 0 saturated carbocycles. The molecule has 2 aliphatic rings. The van der Waals surface area contributed by atoms with Gasteiger partial charge in [-0.05, 0) is 7.05 Å². The zero-order valence-electron chi connectivity index (χ0n) is 7.94. The van der Waals surface area contributed by atoms with E-state index < -0.39 is 0 Å². The van der Waals surface area contributed by atoms with Crippen LogP contribution in [0.3, 0.4) is 0 Å². The lowest BCUT2D eigenvalue weighted by Crippen LogP contribution is -2.50. The molecule has 0 spiro atoms. The molecule has 2 aliphatic heterocycles. The van der Waals surface area contributed by atoms with Crippen LogP contribution in [0.2, 0.25) is 0 Å². The minimum absolute atomic E-state index is 0.326. The SMILES string of the molecule is CN1C[C@@H]2[C@@H](C1)OCCN2CC#N. The van der Waals surface area contributed by atoms with Crippen molar-refractivity contribution in [1.29, 1.82) is 5.26 Å². The number of hydrogen-bond acceptors (Lipinski definition) is 4. The van der Waals surface area contributed by atoms with Crippen molar-refractivity contribution in [2.45, 2.75) is 12.1 Å². The Morgan fingerprint density at radius 1 is 1.54 bits per heavy atom. The van der Waals surface area contributed by atoms with Crippen molar-refractivity contribution >= 4 is 0 Å². The van der Waals surface area contributed by atoms with Gasteiger partial charge in [0.25, 0.3) is 0 Å². The van der Waals surface area contributed by atoms with Gasteiger partial charge in [-0.3, -0.25) is 4.90 Å². The fourth-order valence-corrected chi connectivity index (χ4v) is 2.23. The minimum Gasteiger partial charge on any atom is -0.374 e. The lowest BCUT2D eigenvalue weighted by atomic mass is 10.1. The Kier molecular flexibility index (Phi) is 2.49. The molecule has 0 aromatic rings. The van der Waals surface area contributed by atoms with Crippen LogP contribution in [0.4, 0.5) is 0 Å². The van der Waals surface area contributed by atoms with Crippen LogP contribution in [0.25, 0.3) is 0 Å². The molecule has 2 saturated heterocycles. The van der Waals surface area contributed by atoms with Gasteiger partial charge in [-0.1, -0.05) is 0 Å². The molecular weight excluding hydrogens is 166 g/mol. The van der Waals surface area contributed by atoms with Crippen LogP contribution >= 0.6 is 0 Å². The molecule has 72 valence electrons. The second-order valence-corrected chi connectivity index (χ2v) is 3.83. The topological polar surface area (TPSA) is 39.5 Å². The molecule has 0 aromatic carbocycles. The Morgan fingerprint density at radius 2 is 2.38 bits per heavy atom. The molecule has 2 heterocycles. The zero-order valence-corrected chi connectivity index (χ0v) is 7.94. The van der Waals surface area contributed by atoms with Crippen molar-refractivity contribution in [2.24, 2.45) is 0 Å². The molecule has 4 heteroatoms. The summed E-state index contributed by atoms with van der Waals surface area (Å²) < 4.78 is 5.66. The molecule has 13 heavy (non-hydrogen) atoms. The van der Waals surface area contributed by atoms with E-state index in [4.69, 9.17) is 10.00 Å². The Morgan fingerprint density at radius 3 is 3.15 bits per heavy atom. The summed E-state index contributed by atoms with van der Waals surface area (Å²) >= 11 is 0. The van der Waals surface area contributed by atoms with Crippen molar-refractivity contribution in [3.05, 3.63) is 0 Å². The monoisotopic (exact) mass is 181 g/mol. The van der Waals surface area contributed by atoms with Crippen molar-refractivity contribution in [3.63, 3.8) is 0 Å². The molecule has 0 N–H and O–H groups in total. The highest BCUT2D eigenvalue weighted by molar-refractivity contribution is 4.95. The summed E-state index contributed by atoms with van der Waals surface area (Å²) in [4.78, 5) is 4.50. The number of hydrogen-bond donors (Lipinski definition) is 0. The van der Waals surface area contributed by atoms with Gasteiger partial charge < -0.3 is 9.64 Å². The van der Waals surface area contributed by atoms with E-state index in [0.717, 1.165) is 26.2 Å². The molecule has 0 aromatic heterocycles. The number of fused-ring (bicyclic) bond motifs is 1. The molecule has 4 nitrogen and oxygen atoms in total. The summed E-state index contributed by atoms with van der Waals surface area (Å²) in [6.45, 7) is 4.26. The molecule has 0 unspecified atom stereocenters. The maximum Gasteiger partial charge on any atom is 0.0870 e. The third kappa shape index (κ3) is 1.68. The van der Waals surface area contributed by atoms with Crippen LogP contribution < -0.4 is 0 Å². The van der Waals surface area contributed by atoms with Crippen LogP contribution in [0.15, 0.2) is 0 Å². The maximum absolute atomic E-state index is 8.66. The summed E-state index contributed by atoms with van der Waals surface area (Å²) in [7, 11) is 2.10. The summed E-state index contributed by atoms with van der Waals surface area (Å²) in [5.74, 6) is 0. The van der Waals surface area contributed by atoms with Gasteiger partial charge in [-0.2, -0.15) is 5.26 Å². The molecule has 2 atom stereocenters. The van der Waals surface area contributed by atoms with Crippen LogP contribution in [-0.4, -0.2) is 61.8 Å². The molecular formula is C9H15N3O. The Bertz CT molecular complexity index is 225. The average Bonchev–Trinajstić information content (AvgIpc) is 2.47. The van der Waals surface area contributed by atoms with Gasteiger partial charge in [0.1, 0.15) is 0 Å². The summed E-state index contributed by atoms with van der Waals surface area (Å²) in [5.41, 5.74) is 0. The van der Waals surface area contributed by atoms with Gasteiger partial charge in [-0.15, -0.1) is 0 Å². The van der Waals surface area contributed by atoms with Crippen LogP contribution in [0, 0.1) is 11.3 Å². The van der Waals surface area contributed by atoms with Gasteiger partial charge in [0.2, 0.25) is 0 Å². The number of rotatable bonds is 1. The van der Waals surface area contributed by atoms with E-state index in [0.29, 0.717) is 18.7 Å². The smallest absolute Gasteiger partial charge is 0.0870 e. The Labute approximate surface area is 78.7 Å². The Hall–Kier alpha value is -0.630. The van der Waals surface area contributed by atoms with E-state index in [9.17, 15) is 0 Å². The first kappa shape index (κ1) is 8.95. The fourth-order valence-electron chi connectivity index (χ4n) is 2.23. The zero-order chi connectivity index (χ0) is 9.26.